The molecule has 0 saturated carbocycles. The molecule has 0 radical (unpaired) electrons. The first-order valence-corrected chi connectivity index (χ1v) is 14.6. The van der Waals surface area contributed by atoms with E-state index in [-0.39, 0.29) is 6.61 Å². The third kappa shape index (κ3) is 6.86. The molecule has 4 aromatic rings. The van der Waals surface area contributed by atoms with Crippen LogP contribution in [0.2, 0.25) is 0 Å². The summed E-state index contributed by atoms with van der Waals surface area (Å²) in [6.45, 7) is 0.541. The number of hydrogen-bond acceptors (Lipinski definition) is 5. The Labute approximate surface area is 218 Å². The van der Waals surface area contributed by atoms with E-state index in [0.29, 0.717) is 12.4 Å². The summed E-state index contributed by atoms with van der Waals surface area (Å²) in [6, 6.07) is 40.7. The number of benzene rings is 4. The lowest BCUT2D eigenvalue weighted by Crippen LogP contribution is -2.31. The van der Waals surface area contributed by atoms with Crippen molar-refractivity contribution < 1.29 is 17.3 Å². The van der Waals surface area contributed by atoms with Crippen LogP contribution in [0.3, 0.4) is 0 Å². The quantitative estimate of drug-likeness (QED) is 0.163. The van der Waals surface area contributed by atoms with E-state index in [9.17, 15) is 8.42 Å². The summed E-state index contributed by atoms with van der Waals surface area (Å²) in [6.07, 6.45) is 0.435. The van der Waals surface area contributed by atoms with Gasteiger partial charge in [-0.3, -0.25) is 4.18 Å². The first-order chi connectivity index (χ1) is 17.5. The third-order valence-electron chi connectivity index (χ3n) is 5.75. The summed E-state index contributed by atoms with van der Waals surface area (Å²) in [7, 11) is -3.67. The molecule has 4 aromatic carbocycles. The van der Waals surface area contributed by atoms with Gasteiger partial charge in [-0.05, 0) is 22.3 Å². The van der Waals surface area contributed by atoms with Crippen molar-refractivity contribution in [2.24, 2.45) is 0 Å². The van der Waals surface area contributed by atoms with Crippen LogP contribution >= 0.6 is 11.8 Å². The third-order valence-corrected chi connectivity index (χ3v) is 8.05. The van der Waals surface area contributed by atoms with Crippen molar-refractivity contribution in [1.29, 1.82) is 0 Å². The molecule has 1 unspecified atom stereocenters. The number of hydrogen-bond donors (Lipinski definition) is 0. The van der Waals surface area contributed by atoms with Crippen LogP contribution in [-0.2, 0) is 30.4 Å². The van der Waals surface area contributed by atoms with E-state index in [4.69, 9.17) is 8.92 Å². The fourth-order valence-corrected chi connectivity index (χ4v) is 6.43. The van der Waals surface area contributed by atoms with Gasteiger partial charge in [0, 0.05) is 5.75 Å². The SMILES string of the molecule is CS(=O)(=O)OC(COCc1ccccc1)CSC(c1ccccc1)(c1ccccc1)c1ccccc1. The van der Waals surface area contributed by atoms with Gasteiger partial charge in [0.2, 0.25) is 0 Å². The second-order valence-electron chi connectivity index (χ2n) is 8.51. The molecular formula is C30H30O4S2. The maximum atomic E-state index is 12.1. The van der Waals surface area contributed by atoms with Crippen LogP contribution in [0.15, 0.2) is 121 Å². The van der Waals surface area contributed by atoms with Crippen molar-refractivity contribution in [1.82, 2.24) is 0 Å². The van der Waals surface area contributed by atoms with E-state index in [1.165, 1.54) is 0 Å². The molecule has 0 fully saturated rings. The molecule has 0 bridgehead atoms. The second-order valence-corrected chi connectivity index (χ2v) is 11.3. The lowest BCUT2D eigenvalue weighted by atomic mass is 9.84. The van der Waals surface area contributed by atoms with Crippen molar-refractivity contribution in [3.63, 3.8) is 0 Å². The van der Waals surface area contributed by atoms with Gasteiger partial charge >= 0.3 is 0 Å². The van der Waals surface area contributed by atoms with E-state index in [0.717, 1.165) is 28.5 Å². The molecule has 0 spiro atoms. The lowest BCUT2D eigenvalue weighted by Gasteiger charge is -2.36. The van der Waals surface area contributed by atoms with Crippen LogP contribution in [0, 0.1) is 0 Å². The van der Waals surface area contributed by atoms with Crippen LogP contribution in [-0.4, -0.2) is 33.1 Å². The normalized spacial score (nSPS) is 12.8. The Kier molecular flexibility index (Phi) is 8.99. The predicted octanol–water partition coefficient (Wildman–Crippen LogP) is 6.27. The zero-order chi connectivity index (χ0) is 25.3. The molecule has 4 nitrogen and oxygen atoms in total. The van der Waals surface area contributed by atoms with Gasteiger partial charge in [0.1, 0.15) is 6.10 Å². The van der Waals surface area contributed by atoms with Crippen LogP contribution < -0.4 is 0 Å². The van der Waals surface area contributed by atoms with E-state index in [1.54, 1.807) is 11.8 Å². The van der Waals surface area contributed by atoms with Crippen molar-refractivity contribution in [2.45, 2.75) is 17.5 Å². The molecule has 0 heterocycles. The molecule has 0 amide bonds. The molecule has 36 heavy (non-hydrogen) atoms. The highest BCUT2D eigenvalue weighted by Crippen LogP contribution is 2.48. The van der Waals surface area contributed by atoms with Gasteiger partial charge in [-0.25, -0.2) is 0 Å². The van der Waals surface area contributed by atoms with Crippen molar-refractivity contribution in [3.8, 4) is 0 Å². The minimum atomic E-state index is -3.67. The Balaban J connectivity index is 1.67. The van der Waals surface area contributed by atoms with Gasteiger partial charge in [-0.2, -0.15) is 8.42 Å². The Morgan fingerprint density at radius 2 is 1.11 bits per heavy atom. The van der Waals surface area contributed by atoms with Gasteiger partial charge in [0.15, 0.2) is 0 Å². The number of thioether (sulfide) groups is 1. The predicted molar refractivity (Wildman–Crippen MR) is 147 cm³/mol. The van der Waals surface area contributed by atoms with Crippen molar-refractivity contribution in [3.05, 3.63) is 144 Å². The van der Waals surface area contributed by atoms with Crippen LogP contribution in [0.4, 0.5) is 0 Å². The summed E-state index contributed by atoms with van der Waals surface area (Å²) in [4.78, 5) is 0. The number of ether oxygens (including phenoxy) is 1. The topological polar surface area (TPSA) is 52.6 Å². The summed E-state index contributed by atoms with van der Waals surface area (Å²) in [5.74, 6) is 0.403. The largest absolute Gasteiger partial charge is 0.374 e. The molecule has 0 aliphatic heterocycles. The molecule has 0 N–H and O–H groups in total. The maximum Gasteiger partial charge on any atom is 0.264 e. The summed E-state index contributed by atoms with van der Waals surface area (Å²) in [5, 5.41) is 0. The average molecular weight is 519 g/mol. The molecule has 0 saturated heterocycles. The van der Waals surface area contributed by atoms with Gasteiger partial charge in [0.05, 0.1) is 24.2 Å². The van der Waals surface area contributed by atoms with Gasteiger partial charge in [0.25, 0.3) is 10.1 Å². The molecule has 0 aliphatic rings. The van der Waals surface area contributed by atoms with Gasteiger partial charge < -0.3 is 4.74 Å². The van der Waals surface area contributed by atoms with E-state index < -0.39 is 21.0 Å². The molecule has 186 valence electrons. The van der Waals surface area contributed by atoms with Crippen LogP contribution in [0.25, 0.3) is 0 Å². The molecule has 0 aromatic heterocycles. The second kappa shape index (κ2) is 12.4. The molecule has 4 rings (SSSR count). The standard InChI is InChI=1S/C30H30O4S2/c1-36(31,32)34-29(23-33-22-25-14-6-2-7-15-25)24-35-30(26-16-8-3-9-17-26,27-18-10-4-11-19-27)28-20-12-5-13-21-28/h2-21,29H,22-24H2,1H3. The summed E-state index contributed by atoms with van der Waals surface area (Å²) in [5.41, 5.74) is 4.34. The number of rotatable bonds is 12. The zero-order valence-electron chi connectivity index (χ0n) is 20.2. The Hall–Kier alpha value is -2.90. The molecule has 1 atom stereocenters. The van der Waals surface area contributed by atoms with Crippen molar-refractivity contribution in [2.75, 3.05) is 18.6 Å². The minimum absolute atomic E-state index is 0.156. The fraction of sp³-hybridized carbons (Fsp3) is 0.200. The van der Waals surface area contributed by atoms with E-state index >= 15 is 0 Å². The Bertz CT molecular complexity index is 1200. The highest BCUT2D eigenvalue weighted by Gasteiger charge is 2.38. The van der Waals surface area contributed by atoms with E-state index in [2.05, 4.69) is 36.4 Å². The summed E-state index contributed by atoms with van der Waals surface area (Å²) >= 11 is 1.65. The summed E-state index contributed by atoms with van der Waals surface area (Å²) < 4.78 is 35.1. The average Bonchev–Trinajstić information content (AvgIpc) is 2.90. The highest BCUT2D eigenvalue weighted by molar-refractivity contribution is 8.00. The first-order valence-electron chi connectivity index (χ1n) is 11.8. The smallest absolute Gasteiger partial charge is 0.264 e. The molecule has 6 heteroatoms. The molecule has 0 aliphatic carbocycles. The molecular weight excluding hydrogens is 488 g/mol. The monoisotopic (exact) mass is 518 g/mol. The van der Waals surface area contributed by atoms with Crippen molar-refractivity contribution >= 4 is 21.9 Å². The Morgan fingerprint density at radius 1 is 0.694 bits per heavy atom. The maximum absolute atomic E-state index is 12.1. The van der Waals surface area contributed by atoms with E-state index in [1.807, 2.05) is 84.9 Å². The fourth-order valence-electron chi connectivity index (χ4n) is 4.22. The van der Waals surface area contributed by atoms with Crippen LogP contribution in [0.5, 0.6) is 0 Å². The zero-order valence-corrected chi connectivity index (χ0v) is 21.8. The highest BCUT2D eigenvalue weighted by atomic mass is 32.2. The minimum Gasteiger partial charge on any atom is -0.374 e. The first kappa shape index (κ1) is 26.2. The van der Waals surface area contributed by atoms with Gasteiger partial charge in [-0.1, -0.05) is 121 Å². The van der Waals surface area contributed by atoms with Crippen LogP contribution in [0.1, 0.15) is 22.3 Å². The lowest BCUT2D eigenvalue weighted by molar-refractivity contribution is 0.0545. The van der Waals surface area contributed by atoms with Gasteiger partial charge in [-0.15, -0.1) is 11.8 Å². The Morgan fingerprint density at radius 3 is 1.53 bits per heavy atom.